The molecule has 13 nitrogen and oxygen atoms in total. The highest BCUT2D eigenvalue weighted by atomic mass is 16.6. The lowest BCUT2D eigenvalue weighted by Gasteiger charge is -2.26. The van der Waals surface area contributed by atoms with Crippen molar-refractivity contribution in [2.45, 2.75) is 26.5 Å². The summed E-state index contributed by atoms with van der Waals surface area (Å²) in [7, 11) is 0. The van der Waals surface area contributed by atoms with E-state index in [4.69, 9.17) is 18.9 Å². The fourth-order valence-corrected chi connectivity index (χ4v) is 3.12. The lowest BCUT2D eigenvalue weighted by molar-refractivity contribution is -0.159. The first-order valence-electron chi connectivity index (χ1n) is 11.8. The topological polar surface area (TPSA) is 155 Å². The summed E-state index contributed by atoms with van der Waals surface area (Å²) < 4.78 is 22.4. The molecule has 1 aliphatic heterocycles. The van der Waals surface area contributed by atoms with Crippen LogP contribution in [0.5, 0.6) is 5.75 Å². The van der Waals surface area contributed by atoms with Crippen molar-refractivity contribution in [1.82, 2.24) is 30.6 Å². The number of amides is 3. The average Bonchev–Trinajstić information content (AvgIpc) is 3.25. The second-order valence-corrected chi connectivity index (χ2v) is 7.74. The van der Waals surface area contributed by atoms with Crippen LogP contribution in [-0.4, -0.2) is 95.4 Å². The number of rotatable bonds is 16. The van der Waals surface area contributed by atoms with Crippen molar-refractivity contribution >= 4 is 17.7 Å². The number of benzene rings is 1. The van der Waals surface area contributed by atoms with E-state index in [0.717, 1.165) is 10.5 Å². The lowest BCUT2D eigenvalue weighted by atomic mass is 10.2. The van der Waals surface area contributed by atoms with E-state index in [1.165, 1.54) is 12.2 Å². The van der Waals surface area contributed by atoms with Gasteiger partial charge in [-0.25, -0.2) is 4.90 Å². The molecule has 0 saturated heterocycles. The van der Waals surface area contributed by atoms with Gasteiger partial charge in [0, 0.05) is 30.7 Å². The molecule has 1 unspecified atom stereocenters. The van der Waals surface area contributed by atoms with Crippen LogP contribution in [0.15, 0.2) is 36.4 Å². The quantitative estimate of drug-likeness (QED) is 0.245. The Bertz CT molecular complexity index is 1040. The number of aryl methyl sites for hydroxylation is 1. The molecule has 3 amide bonds. The zero-order valence-electron chi connectivity index (χ0n) is 20.8. The van der Waals surface area contributed by atoms with Crippen molar-refractivity contribution in [1.29, 1.82) is 0 Å². The summed E-state index contributed by atoms with van der Waals surface area (Å²) in [5, 5.41) is 18.5. The highest BCUT2D eigenvalue weighted by Gasteiger charge is 2.32. The Kier molecular flexibility index (Phi) is 11.0. The molecule has 1 aromatic heterocycles. The van der Waals surface area contributed by atoms with Crippen LogP contribution >= 0.6 is 0 Å². The smallest absolute Gasteiger partial charge is 0.255 e. The van der Waals surface area contributed by atoms with Crippen LogP contribution in [0, 0.1) is 6.92 Å². The Morgan fingerprint density at radius 1 is 0.919 bits per heavy atom. The molecule has 1 N–H and O–H groups in total. The first-order chi connectivity index (χ1) is 18.0. The molecular weight excluding hydrogens is 484 g/mol. The average molecular weight is 515 g/mol. The van der Waals surface area contributed by atoms with Gasteiger partial charge in [0.15, 0.2) is 12.1 Å². The molecule has 0 saturated carbocycles. The Balaban J connectivity index is 1.31. The van der Waals surface area contributed by atoms with E-state index in [1.807, 2.05) is 12.1 Å². The molecule has 0 aliphatic carbocycles. The molecular formula is C24H30N6O7. The first kappa shape index (κ1) is 27.8. The van der Waals surface area contributed by atoms with Crippen LogP contribution in [0.2, 0.25) is 0 Å². The van der Waals surface area contributed by atoms with Crippen molar-refractivity contribution in [2.75, 3.05) is 46.2 Å². The van der Waals surface area contributed by atoms with Gasteiger partial charge in [0.2, 0.25) is 11.7 Å². The third-order valence-electron chi connectivity index (χ3n) is 5.01. The third kappa shape index (κ3) is 8.97. The van der Waals surface area contributed by atoms with E-state index in [-0.39, 0.29) is 38.9 Å². The van der Waals surface area contributed by atoms with Gasteiger partial charge in [-0.3, -0.25) is 14.4 Å². The molecule has 0 fully saturated rings. The Morgan fingerprint density at radius 3 is 2.24 bits per heavy atom. The number of hydrogen-bond donors (Lipinski definition) is 1. The molecule has 198 valence electrons. The Morgan fingerprint density at radius 2 is 1.57 bits per heavy atom. The van der Waals surface area contributed by atoms with E-state index in [9.17, 15) is 14.4 Å². The monoisotopic (exact) mass is 514 g/mol. The minimum Gasteiger partial charge on any atom is -0.491 e. The molecule has 2 aromatic rings. The number of aromatic nitrogens is 4. The molecule has 37 heavy (non-hydrogen) atoms. The summed E-state index contributed by atoms with van der Waals surface area (Å²) in [5.74, 6) is 0.544. The van der Waals surface area contributed by atoms with Crippen molar-refractivity contribution in [2.24, 2.45) is 0 Å². The van der Waals surface area contributed by atoms with Crippen LogP contribution in [0.4, 0.5) is 0 Å². The van der Waals surface area contributed by atoms with Gasteiger partial charge in [-0.1, -0.05) is 6.92 Å². The Hall–Kier alpha value is -3.81. The summed E-state index contributed by atoms with van der Waals surface area (Å²) in [4.78, 5) is 36.3. The number of carbonyl (C=O) groups excluding carboxylic acids is 3. The predicted molar refractivity (Wildman–Crippen MR) is 129 cm³/mol. The van der Waals surface area contributed by atoms with Crippen LogP contribution in [0.1, 0.15) is 19.2 Å². The first-order valence-corrected chi connectivity index (χ1v) is 11.8. The van der Waals surface area contributed by atoms with Crippen LogP contribution in [0.3, 0.4) is 0 Å². The van der Waals surface area contributed by atoms with Gasteiger partial charge in [0.1, 0.15) is 12.4 Å². The van der Waals surface area contributed by atoms with Crippen molar-refractivity contribution in [3.8, 4) is 17.1 Å². The van der Waals surface area contributed by atoms with E-state index >= 15 is 0 Å². The van der Waals surface area contributed by atoms with Gasteiger partial charge in [-0.2, -0.15) is 0 Å². The molecule has 0 spiro atoms. The number of imide groups is 1. The minimum atomic E-state index is -0.906. The van der Waals surface area contributed by atoms with Crippen LogP contribution < -0.4 is 10.1 Å². The second kappa shape index (κ2) is 14.7. The van der Waals surface area contributed by atoms with Gasteiger partial charge < -0.3 is 24.3 Å². The fraction of sp³-hybridized carbons (Fsp3) is 0.458. The lowest BCUT2D eigenvalue weighted by Crippen LogP contribution is -2.45. The molecule has 1 aromatic carbocycles. The van der Waals surface area contributed by atoms with E-state index < -0.39 is 18.0 Å². The highest BCUT2D eigenvalue weighted by Crippen LogP contribution is 2.18. The number of ether oxygens (including phenoxy) is 4. The maximum absolute atomic E-state index is 12.0. The normalized spacial score (nSPS) is 13.7. The van der Waals surface area contributed by atoms with Gasteiger partial charge in [-0.05, 0) is 31.2 Å². The molecule has 2 heterocycles. The SMILES string of the molecule is CCC(=O)NCCOC(COCCOCCOc1ccc(-c2nnc(C)nn2)cc1)N1C(=O)C=CC1=O. The zero-order chi connectivity index (χ0) is 26.5. The largest absolute Gasteiger partial charge is 0.491 e. The molecule has 0 radical (unpaired) electrons. The Labute approximate surface area is 214 Å². The van der Waals surface area contributed by atoms with E-state index in [1.54, 1.807) is 26.0 Å². The maximum atomic E-state index is 12.0. The summed E-state index contributed by atoms with van der Waals surface area (Å²) >= 11 is 0. The summed E-state index contributed by atoms with van der Waals surface area (Å²) in [6.45, 7) is 4.99. The van der Waals surface area contributed by atoms with Crippen molar-refractivity contribution in [3.63, 3.8) is 0 Å². The predicted octanol–water partition coefficient (Wildman–Crippen LogP) is 0.448. The third-order valence-corrected chi connectivity index (χ3v) is 5.01. The number of carbonyl (C=O) groups is 3. The summed E-state index contributed by atoms with van der Waals surface area (Å²) in [6.07, 6.45) is 1.81. The van der Waals surface area contributed by atoms with Crippen molar-refractivity contribution in [3.05, 3.63) is 42.2 Å². The highest BCUT2D eigenvalue weighted by molar-refractivity contribution is 6.13. The molecule has 13 heteroatoms. The maximum Gasteiger partial charge on any atom is 0.255 e. The molecule has 0 bridgehead atoms. The molecule has 1 atom stereocenters. The van der Waals surface area contributed by atoms with E-state index in [0.29, 0.717) is 37.0 Å². The molecule has 1 aliphatic rings. The fourth-order valence-electron chi connectivity index (χ4n) is 3.12. The standard InChI is InChI=1S/C24H30N6O7/c1-3-20(31)25-10-11-37-23(30-21(32)8-9-22(30)33)16-35-13-12-34-14-15-36-19-6-4-18(5-7-19)24-28-26-17(2)27-29-24/h4-9,23H,3,10-16H2,1-2H3,(H,25,31). The van der Waals surface area contributed by atoms with E-state index in [2.05, 4.69) is 25.7 Å². The summed E-state index contributed by atoms with van der Waals surface area (Å²) in [6, 6.07) is 7.23. The van der Waals surface area contributed by atoms with Gasteiger partial charge in [0.05, 0.1) is 33.0 Å². The zero-order valence-corrected chi connectivity index (χ0v) is 20.8. The minimum absolute atomic E-state index is 0.0250. The number of nitrogens with one attached hydrogen (secondary N) is 1. The van der Waals surface area contributed by atoms with Gasteiger partial charge >= 0.3 is 0 Å². The number of nitrogens with zero attached hydrogens (tertiary/aromatic N) is 5. The summed E-state index contributed by atoms with van der Waals surface area (Å²) in [5.41, 5.74) is 0.779. The van der Waals surface area contributed by atoms with Crippen molar-refractivity contribution < 1.29 is 33.3 Å². The van der Waals surface area contributed by atoms with Gasteiger partial charge in [-0.15, -0.1) is 20.4 Å². The second-order valence-electron chi connectivity index (χ2n) is 7.74. The molecule has 3 rings (SSSR count). The van der Waals surface area contributed by atoms with Crippen LogP contribution in [0.25, 0.3) is 11.4 Å². The van der Waals surface area contributed by atoms with Crippen LogP contribution in [-0.2, 0) is 28.6 Å². The van der Waals surface area contributed by atoms with Gasteiger partial charge in [0.25, 0.3) is 11.8 Å². The number of hydrogen-bond acceptors (Lipinski definition) is 11.